The molecule has 2 aromatic rings. The molecule has 1 aromatic carbocycles. The van der Waals surface area contributed by atoms with Crippen LogP contribution in [0.25, 0.3) is 0 Å². The second-order valence-corrected chi connectivity index (χ2v) is 10.3. The van der Waals surface area contributed by atoms with Gasteiger partial charge in [0, 0.05) is 19.6 Å². The molecule has 1 aliphatic carbocycles. The van der Waals surface area contributed by atoms with E-state index in [9.17, 15) is 8.42 Å². The third-order valence-corrected chi connectivity index (χ3v) is 6.97. The van der Waals surface area contributed by atoms with E-state index in [1.165, 1.54) is 11.8 Å². The summed E-state index contributed by atoms with van der Waals surface area (Å²) in [6.07, 6.45) is 8.31. The van der Waals surface area contributed by atoms with Gasteiger partial charge in [-0.05, 0) is 43.6 Å². The van der Waals surface area contributed by atoms with Crippen molar-refractivity contribution < 1.29 is 13.2 Å². The van der Waals surface area contributed by atoms with Crippen LogP contribution in [0.5, 0.6) is 0 Å². The molecule has 1 saturated heterocycles. The van der Waals surface area contributed by atoms with Gasteiger partial charge in [0.15, 0.2) is 5.82 Å². The number of nitrogens with one attached hydrogen (secondary N) is 1. The SMILES string of the molecule is Cn1cc(N2CC[C@H](NS(C)(=O)=O)[C@@H]2COC2CCC(c3ccccc3)CC2)nn1. The molecule has 2 atom stereocenters. The first-order chi connectivity index (χ1) is 14.4. The zero-order valence-electron chi connectivity index (χ0n) is 17.6. The van der Waals surface area contributed by atoms with Gasteiger partial charge in [-0.15, -0.1) is 5.10 Å². The van der Waals surface area contributed by atoms with Crippen LogP contribution >= 0.6 is 0 Å². The zero-order chi connectivity index (χ0) is 21.1. The Labute approximate surface area is 178 Å². The van der Waals surface area contributed by atoms with Crippen LogP contribution in [0, 0.1) is 0 Å². The van der Waals surface area contributed by atoms with Gasteiger partial charge < -0.3 is 9.64 Å². The lowest BCUT2D eigenvalue weighted by atomic mass is 9.83. The number of hydrogen-bond acceptors (Lipinski definition) is 6. The summed E-state index contributed by atoms with van der Waals surface area (Å²) < 4.78 is 34.5. The molecule has 1 N–H and O–H groups in total. The van der Waals surface area contributed by atoms with Gasteiger partial charge in [0.1, 0.15) is 0 Å². The first kappa shape index (κ1) is 21.3. The summed E-state index contributed by atoms with van der Waals surface area (Å²) in [6, 6.07) is 10.4. The molecule has 9 heteroatoms. The number of rotatable bonds is 7. The summed E-state index contributed by atoms with van der Waals surface area (Å²) in [4.78, 5) is 2.12. The van der Waals surface area contributed by atoms with Crippen molar-refractivity contribution in [2.75, 3.05) is 24.3 Å². The van der Waals surface area contributed by atoms with Gasteiger partial charge in [-0.25, -0.2) is 13.1 Å². The molecule has 0 radical (unpaired) electrons. The number of benzene rings is 1. The van der Waals surface area contributed by atoms with Crippen molar-refractivity contribution in [1.29, 1.82) is 0 Å². The first-order valence-corrected chi connectivity index (χ1v) is 12.5. The number of aryl methyl sites for hydroxylation is 1. The lowest BCUT2D eigenvalue weighted by molar-refractivity contribution is 0.0156. The van der Waals surface area contributed by atoms with E-state index >= 15 is 0 Å². The van der Waals surface area contributed by atoms with Crippen molar-refractivity contribution in [2.24, 2.45) is 7.05 Å². The molecule has 1 aliphatic heterocycles. The minimum absolute atomic E-state index is 0.0942. The molecule has 164 valence electrons. The molecule has 1 aromatic heterocycles. The molecule has 30 heavy (non-hydrogen) atoms. The molecule has 2 aliphatic rings. The highest BCUT2D eigenvalue weighted by Crippen LogP contribution is 2.34. The molecular formula is C21H31N5O3S. The van der Waals surface area contributed by atoms with Gasteiger partial charge in [0.25, 0.3) is 0 Å². The van der Waals surface area contributed by atoms with Gasteiger partial charge in [-0.1, -0.05) is 35.5 Å². The molecular weight excluding hydrogens is 402 g/mol. The Morgan fingerprint density at radius 3 is 2.50 bits per heavy atom. The average molecular weight is 434 g/mol. The van der Waals surface area contributed by atoms with Crippen LogP contribution in [0.3, 0.4) is 0 Å². The number of sulfonamides is 1. The number of nitrogens with zero attached hydrogens (tertiary/aromatic N) is 4. The second-order valence-electron chi connectivity index (χ2n) is 8.51. The predicted molar refractivity (Wildman–Crippen MR) is 116 cm³/mol. The van der Waals surface area contributed by atoms with Crippen LogP contribution in [-0.4, -0.2) is 61.0 Å². The van der Waals surface area contributed by atoms with Crippen LogP contribution in [0.1, 0.15) is 43.6 Å². The van der Waals surface area contributed by atoms with Crippen LogP contribution < -0.4 is 9.62 Å². The molecule has 0 bridgehead atoms. The van der Waals surface area contributed by atoms with E-state index in [0.29, 0.717) is 12.5 Å². The molecule has 1 saturated carbocycles. The molecule has 2 heterocycles. The van der Waals surface area contributed by atoms with Crippen molar-refractivity contribution in [3.05, 3.63) is 42.1 Å². The Morgan fingerprint density at radius 1 is 1.13 bits per heavy atom. The number of aromatic nitrogens is 3. The van der Waals surface area contributed by atoms with Gasteiger partial charge in [-0.3, -0.25) is 4.68 Å². The fourth-order valence-electron chi connectivity index (χ4n) is 4.75. The van der Waals surface area contributed by atoms with Crippen molar-refractivity contribution in [1.82, 2.24) is 19.7 Å². The Bertz CT molecular complexity index is 925. The van der Waals surface area contributed by atoms with E-state index in [-0.39, 0.29) is 18.2 Å². The second kappa shape index (κ2) is 9.03. The lowest BCUT2D eigenvalue weighted by Crippen LogP contribution is -2.48. The van der Waals surface area contributed by atoms with Gasteiger partial charge in [0.05, 0.1) is 31.2 Å². The Morgan fingerprint density at radius 2 is 1.87 bits per heavy atom. The monoisotopic (exact) mass is 433 g/mol. The molecule has 0 amide bonds. The number of ether oxygens (including phenoxy) is 1. The Balaban J connectivity index is 1.37. The third-order valence-electron chi connectivity index (χ3n) is 6.24. The molecule has 8 nitrogen and oxygen atoms in total. The van der Waals surface area contributed by atoms with Crippen LogP contribution in [-0.2, 0) is 21.8 Å². The smallest absolute Gasteiger partial charge is 0.209 e. The molecule has 0 unspecified atom stereocenters. The maximum absolute atomic E-state index is 11.9. The minimum atomic E-state index is -3.30. The third kappa shape index (κ3) is 5.19. The highest BCUT2D eigenvalue weighted by atomic mass is 32.2. The fourth-order valence-corrected chi connectivity index (χ4v) is 5.57. The van der Waals surface area contributed by atoms with E-state index in [2.05, 4.69) is 50.3 Å². The maximum atomic E-state index is 11.9. The van der Waals surface area contributed by atoms with Crippen LogP contribution in [0.4, 0.5) is 5.82 Å². The predicted octanol–water partition coefficient (Wildman–Crippen LogP) is 2.05. The number of hydrogen-bond donors (Lipinski definition) is 1. The topological polar surface area (TPSA) is 89.3 Å². The van der Waals surface area contributed by atoms with Gasteiger partial charge >= 0.3 is 0 Å². The summed E-state index contributed by atoms with van der Waals surface area (Å²) in [5.74, 6) is 1.37. The van der Waals surface area contributed by atoms with Crippen molar-refractivity contribution >= 4 is 15.8 Å². The highest BCUT2D eigenvalue weighted by Gasteiger charge is 2.38. The van der Waals surface area contributed by atoms with E-state index in [1.807, 2.05) is 13.2 Å². The first-order valence-electron chi connectivity index (χ1n) is 10.7. The van der Waals surface area contributed by atoms with Gasteiger partial charge in [0.2, 0.25) is 10.0 Å². The lowest BCUT2D eigenvalue weighted by Gasteiger charge is -2.32. The van der Waals surface area contributed by atoms with E-state index < -0.39 is 10.0 Å². The minimum Gasteiger partial charge on any atom is -0.376 e. The van der Waals surface area contributed by atoms with Crippen molar-refractivity contribution in [2.45, 2.75) is 56.2 Å². The largest absolute Gasteiger partial charge is 0.376 e. The van der Waals surface area contributed by atoms with E-state index in [4.69, 9.17) is 4.74 Å². The average Bonchev–Trinajstić information content (AvgIpc) is 3.32. The van der Waals surface area contributed by atoms with Crippen molar-refractivity contribution in [3.63, 3.8) is 0 Å². The summed E-state index contributed by atoms with van der Waals surface area (Å²) in [5, 5.41) is 8.25. The zero-order valence-corrected chi connectivity index (χ0v) is 18.5. The summed E-state index contributed by atoms with van der Waals surface area (Å²) >= 11 is 0. The Hall–Kier alpha value is -1.97. The summed E-state index contributed by atoms with van der Waals surface area (Å²) in [6.45, 7) is 1.20. The van der Waals surface area contributed by atoms with E-state index in [1.54, 1.807) is 4.68 Å². The molecule has 0 spiro atoms. The summed E-state index contributed by atoms with van der Waals surface area (Å²) in [7, 11) is -1.47. The van der Waals surface area contributed by atoms with Gasteiger partial charge in [-0.2, -0.15) is 0 Å². The molecule has 2 fully saturated rings. The Kier molecular flexibility index (Phi) is 6.40. The quantitative estimate of drug-likeness (QED) is 0.719. The molecule has 4 rings (SSSR count). The normalized spacial score (nSPS) is 27.5. The van der Waals surface area contributed by atoms with Crippen LogP contribution in [0.2, 0.25) is 0 Å². The van der Waals surface area contributed by atoms with Crippen LogP contribution in [0.15, 0.2) is 36.5 Å². The van der Waals surface area contributed by atoms with E-state index in [0.717, 1.165) is 44.5 Å². The summed E-state index contributed by atoms with van der Waals surface area (Å²) in [5.41, 5.74) is 1.41. The number of anilines is 1. The van der Waals surface area contributed by atoms with Crippen molar-refractivity contribution in [3.8, 4) is 0 Å². The maximum Gasteiger partial charge on any atom is 0.209 e. The highest BCUT2D eigenvalue weighted by molar-refractivity contribution is 7.88. The standard InChI is InChI=1S/C21H31N5O3S/c1-25-14-21(22-24-25)26-13-12-19(23-30(2,27)28)20(26)15-29-18-10-8-17(9-11-18)16-6-4-3-5-7-16/h3-7,14,17-20,23H,8-13,15H2,1-2H3/t17?,18?,19-,20-/m0/s1. The fraction of sp³-hybridized carbons (Fsp3) is 0.619.